The van der Waals surface area contributed by atoms with Gasteiger partial charge in [0, 0.05) is 61.9 Å². The summed E-state index contributed by atoms with van der Waals surface area (Å²) in [5.74, 6) is -0.787. The molecule has 0 spiro atoms. The van der Waals surface area contributed by atoms with Crippen LogP contribution < -0.4 is 4.74 Å². The zero-order chi connectivity index (χ0) is 59.5. The maximum absolute atomic E-state index is 9.64. The molecular formula is C61H71N3O2. The van der Waals surface area contributed by atoms with Crippen LogP contribution in [0.4, 0.5) is 0 Å². The molecule has 5 nitrogen and oxygen atoms in total. The molecule has 3 fully saturated rings. The molecule has 7 aromatic rings. The molecule has 0 radical (unpaired) electrons. The predicted molar refractivity (Wildman–Crippen MR) is 273 cm³/mol. The van der Waals surface area contributed by atoms with Gasteiger partial charge in [-0.05, 0) is 232 Å². The van der Waals surface area contributed by atoms with Gasteiger partial charge in [-0.1, -0.05) is 64.9 Å². The van der Waals surface area contributed by atoms with Crippen molar-refractivity contribution in [2.45, 2.75) is 139 Å². The molecule has 4 aromatic heterocycles. The summed E-state index contributed by atoms with van der Waals surface area (Å²) < 4.78 is 150. The summed E-state index contributed by atoms with van der Waals surface area (Å²) in [7, 11) is 0. The number of hydrogen-bond acceptors (Lipinski definition) is 5. The largest absolute Gasteiger partial charge is 0.457 e. The van der Waals surface area contributed by atoms with Gasteiger partial charge in [0.25, 0.3) is 0 Å². The highest BCUT2D eigenvalue weighted by Gasteiger charge is 2.46. The number of rotatable bonds is 8. The fourth-order valence-electron chi connectivity index (χ4n) is 12.1. The number of fused-ring (bicyclic) bond motifs is 3. The minimum atomic E-state index is -2.84. The first-order valence-corrected chi connectivity index (χ1v) is 23.8. The highest BCUT2D eigenvalue weighted by atomic mass is 16.5. The predicted octanol–water partition coefficient (Wildman–Crippen LogP) is 17.3. The second kappa shape index (κ2) is 17.4. The Hall–Kier alpha value is -5.29. The third kappa shape index (κ3) is 8.50. The molecule has 0 bridgehead atoms. The van der Waals surface area contributed by atoms with Crippen LogP contribution in [0.2, 0.25) is 0 Å². The number of ether oxygens (including phenoxy) is 1. The zero-order valence-electron chi connectivity index (χ0n) is 54.8. The lowest BCUT2D eigenvalue weighted by molar-refractivity contribution is -0.00567. The smallest absolute Gasteiger partial charge is 0.227 e. The highest BCUT2D eigenvalue weighted by Crippen LogP contribution is 2.57. The Balaban J connectivity index is 1.06. The summed E-state index contributed by atoms with van der Waals surface area (Å²) in [5, 5.41) is 0.928. The van der Waals surface area contributed by atoms with Gasteiger partial charge < -0.3 is 9.15 Å². The van der Waals surface area contributed by atoms with Crippen LogP contribution in [-0.4, -0.2) is 15.0 Å². The van der Waals surface area contributed by atoms with Gasteiger partial charge >= 0.3 is 0 Å². The molecule has 342 valence electrons. The van der Waals surface area contributed by atoms with E-state index < -0.39 is 57.2 Å². The molecule has 6 atom stereocenters. The molecule has 3 saturated carbocycles. The van der Waals surface area contributed by atoms with E-state index in [2.05, 4.69) is 37.7 Å². The van der Waals surface area contributed by atoms with Crippen LogP contribution in [0, 0.1) is 74.7 Å². The summed E-state index contributed by atoms with van der Waals surface area (Å²) in [5.41, 5.74) is 3.15. The minimum absolute atomic E-state index is 0.0128. The van der Waals surface area contributed by atoms with Crippen molar-refractivity contribution in [2.24, 2.45) is 40.4 Å². The molecule has 5 heteroatoms. The van der Waals surface area contributed by atoms with Gasteiger partial charge in [0.2, 0.25) is 5.71 Å². The monoisotopic (exact) mass is 894 g/mol. The van der Waals surface area contributed by atoms with Gasteiger partial charge in [0.1, 0.15) is 17.1 Å². The Kier molecular flexibility index (Phi) is 7.77. The maximum atomic E-state index is 9.64. The molecule has 10 rings (SSSR count). The lowest BCUT2D eigenvalue weighted by Crippen LogP contribution is -2.42. The first-order chi connectivity index (χ1) is 38.0. The van der Waals surface area contributed by atoms with Crippen LogP contribution in [0.3, 0.4) is 0 Å². The van der Waals surface area contributed by atoms with E-state index in [-0.39, 0.29) is 79.8 Å². The second-order valence-corrected chi connectivity index (χ2v) is 20.9. The van der Waals surface area contributed by atoms with Crippen molar-refractivity contribution < 1.29 is 31.1 Å². The third-order valence-electron chi connectivity index (χ3n) is 15.9. The molecule has 3 aliphatic carbocycles. The van der Waals surface area contributed by atoms with Gasteiger partial charge in [-0.25, -0.2) is 4.98 Å². The maximum Gasteiger partial charge on any atom is 0.227 e. The van der Waals surface area contributed by atoms with Crippen LogP contribution >= 0.6 is 0 Å². The lowest BCUT2D eigenvalue weighted by Gasteiger charge is -2.52. The second-order valence-electron chi connectivity index (χ2n) is 20.9. The molecule has 6 unspecified atom stereocenters. The average Bonchev–Trinajstić information content (AvgIpc) is 3.91. The molecule has 4 heterocycles. The molecule has 0 N–H and O–H groups in total. The lowest BCUT2D eigenvalue weighted by atomic mass is 9.53. The van der Waals surface area contributed by atoms with Crippen molar-refractivity contribution >= 4 is 22.1 Å². The van der Waals surface area contributed by atoms with E-state index in [1.165, 1.54) is 18.2 Å². The number of aryl methyl sites for hydroxylation is 4. The van der Waals surface area contributed by atoms with Crippen LogP contribution in [0.15, 0.2) is 95.7 Å². The number of benzene rings is 3. The molecule has 0 saturated heterocycles. The Morgan fingerprint density at radius 3 is 2.32 bits per heavy atom. The summed E-state index contributed by atoms with van der Waals surface area (Å²) in [6.07, 6.45) is 11.1. The SMILES string of the molecule is [2H]C([2H])([2H])c1ccc2c(n1)oc1c(-c3cc(C4CCC(C)(C5CCC(C6([2H])CCC(C)(C)CC6)CC5C([2H])([2H])[2H])CC4C)c(C)cn3)cc(Oc3cc(-c4cc(C([2H])([2H])[2H])c(C([2H])([2H])[2H])cn4)cc(-c4ccccc4)c3C([2H])([2H])[2H])cc12. The summed E-state index contributed by atoms with van der Waals surface area (Å²) in [4.78, 5) is 13.9. The summed E-state index contributed by atoms with van der Waals surface area (Å²) in [6, 6.07) is 21.4. The fraction of sp³-hybridized carbons (Fsp3) is 0.459. The van der Waals surface area contributed by atoms with Crippen LogP contribution in [0.1, 0.15) is 160 Å². The number of pyridine rings is 3. The van der Waals surface area contributed by atoms with Crippen LogP contribution in [0.25, 0.3) is 55.7 Å². The average molecular weight is 894 g/mol. The van der Waals surface area contributed by atoms with Gasteiger partial charge in [-0.15, -0.1) is 0 Å². The van der Waals surface area contributed by atoms with Gasteiger partial charge in [-0.2, -0.15) is 0 Å². The van der Waals surface area contributed by atoms with E-state index in [4.69, 9.17) is 34.7 Å². The van der Waals surface area contributed by atoms with Crippen molar-refractivity contribution in [1.29, 1.82) is 0 Å². The highest BCUT2D eigenvalue weighted by molar-refractivity contribution is 6.09. The zero-order valence-corrected chi connectivity index (χ0v) is 38.8. The molecule has 0 amide bonds. The Morgan fingerprint density at radius 2 is 1.55 bits per heavy atom. The van der Waals surface area contributed by atoms with Gasteiger partial charge in [0.15, 0.2) is 0 Å². The number of nitrogens with zero attached hydrogens (tertiary/aromatic N) is 3. The molecule has 3 aromatic carbocycles. The molecule has 3 aliphatic rings. The van der Waals surface area contributed by atoms with Crippen molar-refractivity contribution in [2.75, 3.05) is 0 Å². The van der Waals surface area contributed by atoms with Crippen molar-refractivity contribution in [3.8, 4) is 45.1 Å². The minimum Gasteiger partial charge on any atom is -0.457 e. The number of furan rings is 1. The van der Waals surface area contributed by atoms with Crippen LogP contribution in [-0.2, 0) is 0 Å². The van der Waals surface area contributed by atoms with E-state index in [0.717, 1.165) is 75.1 Å². The van der Waals surface area contributed by atoms with Gasteiger partial charge in [-0.3, -0.25) is 9.97 Å². The van der Waals surface area contributed by atoms with Crippen molar-refractivity contribution in [3.63, 3.8) is 0 Å². The van der Waals surface area contributed by atoms with Crippen LogP contribution in [0.5, 0.6) is 11.5 Å². The Bertz CT molecular complexity index is 3530. The topological polar surface area (TPSA) is 61.0 Å². The quantitative estimate of drug-likeness (QED) is 0.152. The normalized spacial score (nSPS) is 29.8. The van der Waals surface area contributed by atoms with Crippen molar-refractivity contribution in [3.05, 3.63) is 125 Å². The first kappa shape index (κ1) is 29.5. The number of aromatic nitrogens is 3. The Morgan fingerprint density at radius 1 is 0.727 bits per heavy atom. The third-order valence-corrected chi connectivity index (χ3v) is 15.9. The summed E-state index contributed by atoms with van der Waals surface area (Å²) >= 11 is 0. The standard InChI is InChI=1S/C61H71N3O2/c1-36-27-55(62-34-39(36)4)46-28-51(44-14-12-11-13-15-44)42(7)57(29-46)65-47-30-52-49-18-16-41(6)64-59(49)66-58(52)53(31-47)56-32-50(40(5)35-63-56)48-22-25-61(10,33-38(48)3)54-19-17-45(26-37(54)2)43-20-23-60(8,9)24-21-43/h11-16,18,27-32,34-35,37-38,43,45,48,54H,17,19-26,33H2,1-10H3/i1D3,2D3,4D3,6D3,7D3,43D. The molecule has 0 aliphatic heterocycles. The Labute approximate surface area is 416 Å². The van der Waals surface area contributed by atoms with E-state index in [1.807, 2.05) is 19.2 Å². The van der Waals surface area contributed by atoms with E-state index in [1.54, 1.807) is 54.6 Å². The van der Waals surface area contributed by atoms with Crippen molar-refractivity contribution in [1.82, 2.24) is 15.0 Å². The fourth-order valence-corrected chi connectivity index (χ4v) is 12.1. The molecular weight excluding hydrogens is 807 g/mol. The van der Waals surface area contributed by atoms with E-state index in [9.17, 15) is 1.37 Å². The van der Waals surface area contributed by atoms with E-state index >= 15 is 0 Å². The first-order valence-electron chi connectivity index (χ1n) is 31.8. The van der Waals surface area contributed by atoms with E-state index in [0.29, 0.717) is 39.6 Å². The molecule has 66 heavy (non-hydrogen) atoms. The summed E-state index contributed by atoms with van der Waals surface area (Å²) in [6.45, 7) is -2.01. The van der Waals surface area contributed by atoms with Gasteiger partial charge in [0.05, 0.1) is 11.4 Å². The number of hydrogen-bond donors (Lipinski definition) is 0.